The molecule has 1 fully saturated rings. The number of hydrogen-bond acceptors (Lipinski definition) is 6. The van der Waals surface area contributed by atoms with Crippen LogP contribution in [0.25, 0.3) is 21.3 Å². The smallest absolute Gasteiger partial charge is 0.414 e. The molecule has 1 aliphatic heterocycles. The summed E-state index contributed by atoms with van der Waals surface area (Å²) in [6.07, 6.45) is 3.97. The Balaban J connectivity index is 0.000000385. The first kappa shape index (κ1) is 22.4. The summed E-state index contributed by atoms with van der Waals surface area (Å²) >= 11 is 1.49. The first-order valence-corrected chi connectivity index (χ1v) is 11.2. The fourth-order valence-electron chi connectivity index (χ4n) is 3.85. The van der Waals surface area contributed by atoms with Gasteiger partial charge in [-0.1, -0.05) is 24.3 Å². The predicted octanol–water partition coefficient (Wildman–Crippen LogP) is 3.35. The lowest BCUT2D eigenvalue weighted by Crippen LogP contribution is -2.39. The van der Waals surface area contributed by atoms with Crippen LogP contribution in [-0.4, -0.2) is 60.6 Å². The molecule has 10 heteroatoms. The quantitative estimate of drug-likeness (QED) is 0.444. The third-order valence-corrected chi connectivity index (χ3v) is 6.57. The van der Waals surface area contributed by atoms with Crippen LogP contribution in [0.2, 0.25) is 0 Å². The van der Waals surface area contributed by atoms with E-state index in [1.54, 1.807) is 0 Å². The average Bonchev–Trinajstić information content (AvgIpc) is 3.44. The van der Waals surface area contributed by atoms with Gasteiger partial charge in [0.25, 0.3) is 5.91 Å². The molecule has 2 aromatic carbocycles. The van der Waals surface area contributed by atoms with Gasteiger partial charge in [0.15, 0.2) is 5.01 Å². The second kappa shape index (κ2) is 9.78. The van der Waals surface area contributed by atoms with E-state index in [1.165, 1.54) is 16.9 Å². The highest BCUT2D eigenvalue weighted by Gasteiger charge is 2.26. The Labute approximate surface area is 192 Å². The number of carboxylic acid groups (broad SMARTS) is 2. The summed E-state index contributed by atoms with van der Waals surface area (Å²) in [7, 11) is 0. The van der Waals surface area contributed by atoms with Gasteiger partial charge in [-0.15, -0.1) is 11.3 Å². The fourth-order valence-corrected chi connectivity index (χ4v) is 4.79. The Morgan fingerprint density at radius 2 is 1.58 bits per heavy atom. The van der Waals surface area contributed by atoms with Crippen molar-refractivity contribution in [2.24, 2.45) is 5.92 Å². The van der Waals surface area contributed by atoms with Gasteiger partial charge in [0.2, 0.25) is 0 Å². The zero-order chi connectivity index (χ0) is 23.4. The zero-order valence-electron chi connectivity index (χ0n) is 17.6. The van der Waals surface area contributed by atoms with E-state index in [4.69, 9.17) is 19.8 Å². The molecule has 33 heavy (non-hydrogen) atoms. The number of benzene rings is 2. The van der Waals surface area contributed by atoms with Gasteiger partial charge in [-0.05, 0) is 43.0 Å². The van der Waals surface area contributed by atoms with Crippen LogP contribution >= 0.6 is 11.3 Å². The molecule has 1 saturated heterocycles. The maximum atomic E-state index is 12.8. The number of hydrogen-bond donors (Lipinski definition) is 2. The van der Waals surface area contributed by atoms with E-state index in [2.05, 4.69) is 26.7 Å². The number of imidazole rings is 1. The van der Waals surface area contributed by atoms with Crippen molar-refractivity contribution in [3.8, 4) is 0 Å². The topological polar surface area (TPSA) is 126 Å². The SMILES string of the molecule is O=C(O)C(=O)O.O=C(c1nc2ccccc2s1)N1CCC(Cn2cnc3ccccc32)CC1. The van der Waals surface area contributed by atoms with Crippen molar-refractivity contribution in [2.75, 3.05) is 13.1 Å². The van der Waals surface area contributed by atoms with Gasteiger partial charge < -0.3 is 19.7 Å². The van der Waals surface area contributed by atoms with Crippen molar-refractivity contribution >= 4 is 50.4 Å². The third-order valence-electron chi connectivity index (χ3n) is 5.54. The van der Waals surface area contributed by atoms with Gasteiger partial charge in [-0.25, -0.2) is 19.6 Å². The highest BCUT2D eigenvalue weighted by molar-refractivity contribution is 7.20. The molecular weight excluding hydrogens is 444 g/mol. The normalized spacial score (nSPS) is 14.1. The molecule has 0 bridgehead atoms. The molecule has 1 aliphatic rings. The minimum absolute atomic E-state index is 0.0720. The second-order valence-electron chi connectivity index (χ2n) is 7.72. The number of rotatable bonds is 3. The molecule has 2 aromatic heterocycles. The second-order valence-corrected chi connectivity index (χ2v) is 8.75. The molecular formula is C23H22N4O5S. The Bertz CT molecular complexity index is 1260. The molecule has 0 spiro atoms. The van der Waals surface area contributed by atoms with Crippen LogP contribution in [-0.2, 0) is 16.1 Å². The Kier molecular flexibility index (Phi) is 6.64. The number of likely N-dealkylation sites (tertiary alicyclic amines) is 1. The number of fused-ring (bicyclic) bond motifs is 2. The number of carbonyl (C=O) groups excluding carboxylic acids is 1. The summed E-state index contributed by atoms with van der Waals surface area (Å²) in [4.78, 5) is 42.0. The number of para-hydroxylation sites is 3. The summed E-state index contributed by atoms with van der Waals surface area (Å²) in [5.41, 5.74) is 3.14. The van der Waals surface area contributed by atoms with E-state index in [1.807, 2.05) is 47.6 Å². The minimum atomic E-state index is -1.82. The monoisotopic (exact) mass is 466 g/mol. The molecule has 0 radical (unpaired) electrons. The molecule has 0 saturated carbocycles. The Hall–Kier alpha value is -3.79. The van der Waals surface area contributed by atoms with Gasteiger partial charge in [0.05, 0.1) is 27.6 Å². The van der Waals surface area contributed by atoms with E-state index in [0.717, 1.165) is 48.2 Å². The third kappa shape index (κ3) is 5.17. The highest BCUT2D eigenvalue weighted by atomic mass is 32.1. The first-order valence-electron chi connectivity index (χ1n) is 10.4. The van der Waals surface area contributed by atoms with E-state index in [0.29, 0.717) is 10.9 Å². The highest BCUT2D eigenvalue weighted by Crippen LogP contribution is 2.26. The lowest BCUT2D eigenvalue weighted by Gasteiger charge is -2.31. The Morgan fingerprint density at radius 1 is 0.939 bits per heavy atom. The first-order chi connectivity index (χ1) is 15.9. The molecule has 0 unspecified atom stereocenters. The summed E-state index contributed by atoms with van der Waals surface area (Å²) in [6.45, 7) is 2.56. The van der Waals surface area contributed by atoms with Crippen molar-refractivity contribution < 1.29 is 24.6 Å². The van der Waals surface area contributed by atoms with Crippen LogP contribution in [0.3, 0.4) is 0 Å². The summed E-state index contributed by atoms with van der Waals surface area (Å²) < 4.78 is 3.31. The van der Waals surface area contributed by atoms with Crippen LogP contribution in [0, 0.1) is 5.92 Å². The average molecular weight is 467 g/mol. The molecule has 0 atom stereocenters. The lowest BCUT2D eigenvalue weighted by molar-refractivity contribution is -0.159. The number of aromatic nitrogens is 3. The number of piperidine rings is 1. The van der Waals surface area contributed by atoms with Gasteiger partial charge >= 0.3 is 11.9 Å². The number of carboxylic acids is 2. The minimum Gasteiger partial charge on any atom is -0.473 e. The van der Waals surface area contributed by atoms with Crippen LogP contribution < -0.4 is 0 Å². The van der Waals surface area contributed by atoms with Crippen molar-refractivity contribution in [3.05, 3.63) is 59.9 Å². The number of nitrogens with zero attached hydrogens (tertiary/aromatic N) is 4. The van der Waals surface area contributed by atoms with E-state index in [-0.39, 0.29) is 5.91 Å². The molecule has 170 valence electrons. The van der Waals surface area contributed by atoms with Crippen LogP contribution in [0.5, 0.6) is 0 Å². The summed E-state index contributed by atoms with van der Waals surface area (Å²) in [5.74, 6) is -3.00. The predicted molar refractivity (Wildman–Crippen MR) is 123 cm³/mol. The molecule has 4 aromatic rings. The molecule has 0 aliphatic carbocycles. The molecule has 1 amide bonds. The molecule has 3 heterocycles. The number of aliphatic carboxylic acids is 2. The number of thiazole rings is 1. The van der Waals surface area contributed by atoms with E-state index >= 15 is 0 Å². The molecule has 5 rings (SSSR count). The molecule has 9 nitrogen and oxygen atoms in total. The number of amides is 1. The standard InChI is InChI=1S/C21H20N4OS.C2H2O4/c26-21(20-23-17-6-2-4-8-19(17)27-20)24-11-9-15(10-12-24)13-25-14-22-16-5-1-3-7-18(16)25;3-1(4)2(5)6/h1-8,14-15H,9-13H2;(H,3,4)(H,5,6). The van der Waals surface area contributed by atoms with Gasteiger partial charge in [-0.2, -0.15) is 0 Å². The number of carbonyl (C=O) groups is 3. The van der Waals surface area contributed by atoms with E-state index < -0.39 is 11.9 Å². The fraction of sp³-hybridized carbons (Fsp3) is 0.261. The van der Waals surface area contributed by atoms with Gasteiger partial charge in [0.1, 0.15) is 0 Å². The molecule has 2 N–H and O–H groups in total. The van der Waals surface area contributed by atoms with Crippen molar-refractivity contribution in [1.29, 1.82) is 0 Å². The Morgan fingerprint density at radius 3 is 2.24 bits per heavy atom. The van der Waals surface area contributed by atoms with Crippen LogP contribution in [0.1, 0.15) is 22.6 Å². The summed E-state index contributed by atoms with van der Waals surface area (Å²) in [5, 5.41) is 15.4. The van der Waals surface area contributed by atoms with Crippen molar-refractivity contribution in [3.63, 3.8) is 0 Å². The van der Waals surface area contributed by atoms with Crippen LogP contribution in [0.15, 0.2) is 54.9 Å². The van der Waals surface area contributed by atoms with Gasteiger partial charge in [-0.3, -0.25) is 4.79 Å². The maximum Gasteiger partial charge on any atom is 0.414 e. The zero-order valence-corrected chi connectivity index (χ0v) is 18.4. The van der Waals surface area contributed by atoms with Crippen LogP contribution in [0.4, 0.5) is 0 Å². The largest absolute Gasteiger partial charge is 0.473 e. The van der Waals surface area contributed by atoms with Crippen molar-refractivity contribution in [2.45, 2.75) is 19.4 Å². The summed E-state index contributed by atoms with van der Waals surface area (Å²) in [6, 6.07) is 16.2. The van der Waals surface area contributed by atoms with Gasteiger partial charge in [0, 0.05) is 19.6 Å². The van der Waals surface area contributed by atoms with Crippen molar-refractivity contribution in [1.82, 2.24) is 19.4 Å². The maximum absolute atomic E-state index is 12.8. The van der Waals surface area contributed by atoms with E-state index in [9.17, 15) is 4.79 Å². The lowest BCUT2D eigenvalue weighted by atomic mass is 9.96.